The van der Waals surface area contributed by atoms with Gasteiger partial charge in [-0.25, -0.2) is 4.57 Å². The second kappa shape index (κ2) is 5.68. The Hall–Kier alpha value is 0.909. The first-order chi connectivity index (χ1) is 3.68. The number of hydrogen-bond donors (Lipinski definition) is 0. The van der Waals surface area contributed by atoms with Gasteiger partial charge in [0.1, 0.15) is 0 Å². The molecule has 0 aliphatic rings. The first-order valence-electron chi connectivity index (χ1n) is 1.96. The van der Waals surface area contributed by atoms with Crippen molar-refractivity contribution in [3.63, 3.8) is 0 Å². The van der Waals surface area contributed by atoms with E-state index < -0.39 is 7.82 Å². The van der Waals surface area contributed by atoms with Crippen LogP contribution in [-0.4, -0.2) is 45.2 Å². The third kappa shape index (κ3) is 4.33. The van der Waals surface area contributed by atoms with E-state index in [0.29, 0.717) is 0 Å². The average molecular weight is 259 g/mol. The molecule has 0 bridgehead atoms. The zero-order valence-corrected chi connectivity index (χ0v) is 9.33. The van der Waals surface area contributed by atoms with Crippen molar-refractivity contribution in [2.24, 2.45) is 0 Å². The van der Waals surface area contributed by atoms with Crippen molar-refractivity contribution in [3.8, 4) is 0 Å². The molecule has 0 aromatic carbocycles. The van der Waals surface area contributed by atoms with Crippen molar-refractivity contribution in [1.29, 1.82) is 0 Å². The van der Waals surface area contributed by atoms with Gasteiger partial charge in [0.2, 0.25) is 0 Å². The zero-order chi connectivity index (χ0) is 6.62. The predicted molar refractivity (Wildman–Crippen MR) is 34.4 cm³/mol. The average Bonchev–Trinajstić information content (AvgIpc) is 1.87. The van der Waals surface area contributed by atoms with Crippen LogP contribution in [0, 0.1) is 0 Å². The molecule has 0 N–H and O–H groups in total. The molecule has 4 nitrogen and oxygen atoms in total. The van der Waals surface area contributed by atoms with E-state index in [1.807, 2.05) is 0 Å². The van der Waals surface area contributed by atoms with Gasteiger partial charge in [-0.3, -0.25) is 13.6 Å². The van der Waals surface area contributed by atoms with Crippen LogP contribution in [0.4, 0.5) is 0 Å². The van der Waals surface area contributed by atoms with E-state index >= 15 is 0 Å². The Bertz CT molecular complexity index is 87.0. The number of phosphoric ester groups is 1. The Labute approximate surface area is 71.4 Å². The molecule has 0 amide bonds. The van der Waals surface area contributed by atoms with E-state index in [1.54, 1.807) is 0 Å². The molecule has 0 atom stereocenters. The van der Waals surface area contributed by atoms with Gasteiger partial charge in [-0.2, -0.15) is 0 Å². The maximum absolute atomic E-state index is 10.7. The van der Waals surface area contributed by atoms with E-state index in [0.717, 1.165) is 0 Å². The molecule has 0 saturated heterocycles. The Morgan fingerprint density at radius 2 is 1.22 bits per heavy atom. The molecule has 0 aliphatic heterocycles. The molecule has 0 saturated carbocycles. The van der Waals surface area contributed by atoms with Crippen molar-refractivity contribution >= 4 is 31.7 Å². The Morgan fingerprint density at radius 3 is 1.22 bits per heavy atom. The summed E-state index contributed by atoms with van der Waals surface area (Å²) in [5, 5.41) is 0. The van der Waals surface area contributed by atoms with Gasteiger partial charge in [0.05, 0.1) is 0 Å². The normalized spacial score (nSPS) is 10.6. The third-order valence-electron chi connectivity index (χ3n) is 0.671. The van der Waals surface area contributed by atoms with Gasteiger partial charge in [0, 0.05) is 45.2 Å². The van der Waals surface area contributed by atoms with Gasteiger partial charge in [0.15, 0.2) is 0 Å². The summed E-state index contributed by atoms with van der Waals surface area (Å²) < 4.78 is 23.7. The van der Waals surface area contributed by atoms with Crippen LogP contribution in [0.25, 0.3) is 0 Å². The fourth-order valence-electron chi connectivity index (χ4n) is 0.224. The minimum absolute atomic E-state index is 0. The van der Waals surface area contributed by atoms with Crippen LogP contribution in [0.1, 0.15) is 0 Å². The van der Waals surface area contributed by atoms with E-state index in [1.165, 1.54) is 21.3 Å². The smallest absolute Gasteiger partial charge is 0.290 e. The first kappa shape index (κ1) is 12.6. The van der Waals surface area contributed by atoms with E-state index in [9.17, 15) is 4.57 Å². The summed E-state index contributed by atoms with van der Waals surface area (Å²) in [4.78, 5) is 0. The fraction of sp³-hybridized carbons (Fsp3) is 1.00. The molecule has 0 aliphatic carbocycles. The topological polar surface area (TPSA) is 44.8 Å². The van der Waals surface area contributed by atoms with Crippen molar-refractivity contribution < 1.29 is 18.1 Å². The summed E-state index contributed by atoms with van der Waals surface area (Å²) in [5.41, 5.74) is 0. The maximum Gasteiger partial charge on any atom is 0.473 e. The van der Waals surface area contributed by atoms with E-state index in [-0.39, 0.29) is 23.9 Å². The molecule has 0 rings (SSSR count). The second-order valence-corrected chi connectivity index (χ2v) is 2.98. The molecule has 0 heterocycles. The van der Waals surface area contributed by atoms with Crippen LogP contribution < -0.4 is 0 Å². The molecule has 54 valence electrons. The third-order valence-corrected chi connectivity index (χ3v) is 2.01. The predicted octanol–water partition coefficient (Wildman–Crippen LogP) is 0.653. The second-order valence-electron chi connectivity index (χ2n) is 0.995. The molecule has 0 aromatic rings. The monoisotopic (exact) mass is 260 g/mol. The van der Waals surface area contributed by atoms with Crippen molar-refractivity contribution in [2.75, 3.05) is 21.3 Å². The van der Waals surface area contributed by atoms with Crippen molar-refractivity contribution in [2.45, 2.75) is 0 Å². The Balaban J connectivity index is 0. The first-order valence-corrected chi connectivity index (χ1v) is 3.42. The zero-order valence-electron chi connectivity index (χ0n) is 5.58. The van der Waals surface area contributed by atoms with Gasteiger partial charge in [0.25, 0.3) is 0 Å². The van der Waals surface area contributed by atoms with Crippen LogP contribution >= 0.6 is 7.82 Å². The minimum atomic E-state index is -3.16. The van der Waals surface area contributed by atoms with Gasteiger partial charge in [-0.05, 0) is 0 Å². The standard InChI is InChI=1S/C3H9O4P.Sn/c1-5-8(4,6-2)7-3;/h1-3H3;. The summed E-state index contributed by atoms with van der Waals surface area (Å²) in [5.74, 6) is 0. The molecule has 0 spiro atoms. The Morgan fingerprint density at radius 1 is 1.00 bits per heavy atom. The molecule has 0 unspecified atom stereocenters. The van der Waals surface area contributed by atoms with Crippen LogP contribution in [0.5, 0.6) is 0 Å². The van der Waals surface area contributed by atoms with E-state index in [4.69, 9.17) is 0 Å². The van der Waals surface area contributed by atoms with Crippen LogP contribution in [0.15, 0.2) is 0 Å². The molecular weight excluding hydrogens is 250 g/mol. The van der Waals surface area contributed by atoms with Gasteiger partial charge in [-0.15, -0.1) is 0 Å². The summed E-state index contributed by atoms with van der Waals surface area (Å²) in [6.45, 7) is 0. The molecule has 0 aromatic heterocycles. The Kier molecular flexibility index (Phi) is 7.93. The minimum Gasteiger partial charge on any atom is -0.290 e. The summed E-state index contributed by atoms with van der Waals surface area (Å²) >= 11 is 0. The van der Waals surface area contributed by atoms with Crippen LogP contribution in [0.2, 0.25) is 0 Å². The number of hydrogen-bond acceptors (Lipinski definition) is 4. The van der Waals surface area contributed by atoms with Crippen LogP contribution in [0.3, 0.4) is 0 Å². The quantitative estimate of drug-likeness (QED) is 0.551. The summed E-state index contributed by atoms with van der Waals surface area (Å²) in [7, 11) is 0.611. The van der Waals surface area contributed by atoms with E-state index in [2.05, 4.69) is 13.6 Å². The number of phosphoric acid groups is 1. The molecule has 9 heavy (non-hydrogen) atoms. The molecule has 0 fully saturated rings. The van der Waals surface area contributed by atoms with Crippen LogP contribution in [-0.2, 0) is 18.1 Å². The number of rotatable bonds is 3. The molecule has 6 heteroatoms. The molecular formula is C3H9O4PSn. The maximum atomic E-state index is 10.7. The largest absolute Gasteiger partial charge is 0.473 e. The summed E-state index contributed by atoms with van der Waals surface area (Å²) in [6, 6.07) is 0. The van der Waals surface area contributed by atoms with Crippen molar-refractivity contribution in [3.05, 3.63) is 0 Å². The fourth-order valence-corrected chi connectivity index (χ4v) is 0.671. The van der Waals surface area contributed by atoms with Gasteiger partial charge < -0.3 is 0 Å². The SMILES string of the molecule is COP(=O)(OC)OC.[Sn]. The van der Waals surface area contributed by atoms with Gasteiger partial charge in [-0.1, -0.05) is 0 Å². The summed E-state index contributed by atoms with van der Waals surface area (Å²) in [6.07, 6.45) is 0. The molecule has 4 radical (unpaired) electrons. The van der Waals surface area contributed by atoms with Gasteiger partial charge >= 0.3 is 7.82 Å². The van der Waals surface area contributed by atoms with Crippen molar-refractivity contribution in [1.82, 2.24) is 0 Å².